The molecule has 26 heavy (non-hydrogen) atoms. The number of nitrogens with one attached hydrogen (secondary N) is 2. The predicted molar refractivity (Wildman–Crippen MR) is 103 cm³/mol. The lowest BCUT2D eigenvalue weighted by Gasteiger charge is -2.37. The first-order valence-electron chi connectivity index (χ1n) is 9.89. The molecule has 1 aromatic carbocycles. The van der Waals surface area contributed by atoms with Gasteiger partial charge in [0.05, 0.1) is 0 Å². The second-order valence-electron chi connectivity index (χ2n) is 7.86. The molecular formula is C21H31N3O2. The Bertz CT molecular complexity index is 625. The van der Waals surface area contributed by atoms with Crippen molar-refractivity contribution in [2.24, 2.45) is 0 Å². The lowest BCUT2D eigenvalue weighted by molar-refractivity contribution is -0.134. The van der Waals surface area contributed by atoms with Crippen LogP contribution in [0.4, 0.5) is 0 Å². The number of hydrogen-bond donors (Lipinski definition) is 2. The smallest absolute Gasteiger partial charge is 0.246 e. The van der Waals surface area contributed by atoms with Gasteiger partial charge in [0.2, 0.25) is 11.8 Å². The molecule has 1 aliphatic carbocycles. The van der Waals surface area contributed by atoms with Crippen molar-refractivity contribution in [2.45, 2.75) is 70.0 Å². The third-order valence-electron chi connectivity index (χ3n) is 5.94. The van der Waals surface area contributed by atoms with E-state index in [0.29, 0.717) is 6.04 Å². The van der Waals surface area contributed by atoms with Gasteiger partial charge in [-0.15, -0.1) is 0 Å². The number of carbonyl (C=O) groups is 2. The molecule has 2 N–H and O–H groups in total. The Hall–Kier alpha value is -1.88. The van der Waals surface area contributed by atoms with E-state index >= 15 is 0 Å². The maximum atomic E-state index is 13.0. The molecular weight excluding hydrogens is 326 g/mol. The van der Waals surface area contributed by atoms with Crippen LogP contribution in [0.5, 0.6) is 0 Å². The van der Waals surface area contributed by atoms with Crippen LogP contribution in [0.25, 0.3) is 0 Å². The Balaban J connectivity index is 1.60. The van der Waals surface area contributed by atoms with E-state index < -0.39 is 5.54 Å². The van der Waals surface area contributed by atoms with E-state index in [1.54, 1.807) is 0 Å². The SMILES string of the molecule is CC(=O)NC1(C(=O)NC2CCN(C(C)c3ccccc3)C2)CCCCC1. The molecule has 1 heterocycles. The summed E-state index contributed by atoms with van der Waals surface area (Å²) in [6.45, 7) is 5.56. The van der Waals surface area contributed by atoms with Gasteiger partial charge in [-0.05, 0) is 31.7 Å². The van der Waals surface area contributed by atoms with Crippen molar-refractivity contribution in [3.05, 3.63) is 35.9 Å². The van der Waals surface area contributed by atoms with Crippen LogP contribution in [0.15, 0.2) is 30.3 Å². The third-order valence-corrected chi connectivity index (χ3v) is 5.94. The Morgan fingerprint density at radius 1 is 1.15 bits per heavy atom. The second kappa shape index (κ2) is 8.21. The molecule has 5 nitrogen and oxygen atoms in total. The summed E-state index contributed by atoms with van der Waals surface area (Å²) >= 11 is 0. The van der Waals surface area contributed by atoms with Crippen LogP contribution in [0.1, 0.15) is 64.0 Å². The van der Waals surface area contributed by atoms with Gasteiger partial charge in [-0.3, -0.25) is 14.5 Å². The van der Waals surface area contributed by atoms with Crippen molar-refractivity contribution in [3.8, 4) is 0 Å². The predicted octanol–water partition coefficient (Wildman–Crippen LogP) is 2.78. The molecule has 1 saturated carbocycles. The summed E-state index contributed by atoms with van der Waals surface area (Å²) in [5, 5.41) is 6.20. The van der Waals surface area contributed by atoms with Crippen LogP contribution in [-0.4, -0.2) is 41.4 Å². The minimum Gasteiger partial charge on any atom is -0.350 e. The Morgan fingerprint density at radius 3 is 2.50 bits per heavy atom. The topological polar surface area (TPSA) is 61.4 Å². The zero-order chi connectivity index (χ0) is 18.6. The summed E-state index contributed by atoms with van der Waals surface area (Å²) in [7, 11) is 0. The molecule has 2 unspecified atom stereocenters. The van der Waals surface area contributed by atoms with E-state index in [2.05, 4.69) is 46.7 Å². The van der Waals surface area contributed by atoms with Crippen molar-refractivity contribution < 1.29 is 9.59 Å². The average molecular weight is 357 g/mol. The summed E-state index contributed by atoms with van der Waals surface area (Å²) in [4.78, 5) is 27.1. The zero-order valence-electron chi connectivity index (χ0n) is 16.0. The van der Waals surface area contributed by atoms with E-state index in [0.717, 1.165) is 51.6 Å². The average Bonchev–Trinajstić information content (AvgIpc) is 3.10. The van der Waals surface area contributed by atoms with Gasteiger partial charge in [-0.1, -0.05) is 49.6 Å². The highest BCUT2D eigenvalue weighted by atomic mass is 16.2. The molecule has 0 aromatic heterocycles. The normalized spacial score (nSPS) is 24.0. The van der Waals surface area contributed by atoms with Crippen molar-refractivity contribution in [2.75, 3.05) is 13.1 Å². The van der Waals surface area contributed by atoms with Crippen LogP contribution in [-0.2, 0) is 9.59 Å². The molecule has 142 valence electrons. The highest BCUT2D eigenvalue weighted by molar-refractivity contribution is 5.91. The molecule has 2 fully saturated rings. The van der Waals surface area contributed by atoms with Crippen molar-refractivity contribution in [1.29, 1.82) is 0 Å². The molecule has 0 radical (unpaired) electrons. The minimum atomic E-state index is -0.706. The van der Waals surface area contributed by atoms with Crippen molar-refractivity contribution in [1.82, 2.24) is 15.5 Å². The lowest BCUT2D eigenvalue weighted by Crippen LogP contribution is -2.61. The van der Waals surface area contributed by atoms with E-state index in [4.69, 9.17) is 0 Å². The fraction of sp³-hybridized carbons (Fsp3) is 0.619. The van der Waals surface area contributed by atoms with Crippen LogP contribution in [0.3, 0.4) is 0 Å². The number of likely N-dealkylation sites (tertiary alicyclic amines) is 1. The highest BCUT2D eigenvalue weighted by Crippen LogP contribution is 2.30. The standard InChI is InChI=1S/C21H31N3O2/c1-16(18-9-5-3-6-10-18)24-14-11-19(15-24)22-20(26)21(23-17(2)25)12-7-4-8-13-21/h3,5-6,9-10,16,19H,4,7-8,11-15H2,1-2H3,(H,22,26)(H,23,25). The number of rotatable bonds is 5. The second-order valence-corrected chi connectivity index (χ2v) is 7.86. The molecule has 5 heteroatoms. The number of benzene rings is 1. The van der Waals surface area contributed by atoms with Crippen LogP contribution in [0.2, 0.25) is 0 Å². The molecule has 1 aliphatic heterocycles. The summed E-state index contributed by atoms with van der Waals surface area (Å²) in [5.74, 6) is -0.112. The fourth-order valence-electron chi connectivity index (χ4n) is 4.42. The Morgan fingerprint density at radius 2 is 1.85 bits per heavy atom. The number of hydrogen-bond acceptors (Lipinski definition) is 3. The monoisotopic (exact) mass is 357 g/mol. The molecule has 2 aliphatic rings. The van der Waals surface area contributed by atoms with Gasteiger partial charge in [0.25, 0.3) is 0 Å². The molecule has 1 saturated heterocycles. The number of carbonyl (C=O) groups excluding carboxylic acids is 2. The quantitative estimate of drug-likeness (QED) is 0.852. The van der Waals surface area contributed by atoms with Gasteiger partial charge >= 0.3 is 0 Å². The van der Waals surface area contributed by atoms with Crippen molar-refractivity contribution in [3.63, 3.8) is 0 Å². The van der Waals surface area contributed by atoms with E-state index in [-0.39, 0.29) is 17.9 Å². The summed E-state index contributed by atoms with van der Waals surface area (Å²) in [6.07, 6.45) is 5.58. The van der Waals surface area contributed by atoms with Crippen molar-refractivity contribution >= 4 is 11.8 Å². The molecule has 0 bridgehead atoms. The van der Waals surface area contributed by atoms with Crippen LogP contribution >= 0.6 is 0 Å². The van der Waals surface area contributed by atoms with Crippen LogP contribution < -0.4 is 10.6 Å². The summed E-state index contributed by atoms with van der Waals surface area (Å²) in [5.41, 5.74) is 0.601. The number of nitrogens with zero attached hydrogens (tertiary/aromatic N) is 1. The first-order chi connectivity index (χ1) is 12.5. The summed E-state index contributed by atoms with van der Waals surface area (Å²) < 4.78 is 0. The number of amides is 2. The lowest BCUT2D eigenvalue weighted by atomic mass is 9.80. The van der Waals surface area contributed by atoms with E-state index in [1.807, 2.05) is 6.07 Å². The van der Waals surface area contributed by atoms with Gasteiger partial charge in [0, 0.05) is 32.1 Å². The first-order valence-corrected chi connectivity index (χ1v) is 9.89. The Labute approximate surface area is 156 Å². The van der Waals surface area contributed by atoms with E-state index in [9.17, 15) is 9.59 Å². The van der Waals surface area contributed by atoms with Gasteiger partial charge in [0.1, 0.15) is 5.54 Å². The minimum absolute atomic E-state index is 0.00612. The molecule has 0 spiro atoms. The molecule has 2 amide bonds. The third kappa shape index (κ3) is 4.26. The van der Waals surface area contributed by atoms with Crippen LogP contribution in [0, 0.1) is 0 Å². The first kappa shape index (κ1) is 18.9. The zero-order valence-corrected chi connectivity index (χ0v) is 16.0. The fourth-order valence-corrected chi connectivity index (χ4v) is 4.42. The maximum absolute atomic E-state index is 13.0. The van der Waals surface area contributed by atoms with E-state index in [1.165, 1.54) is 12.5 Å². The summed E-state index contributed by atoms with van der Waals surface area (Å²) in [6, 6.07) is 11.0. The van der Waals surface area contributed by atoms with Gasteiger partial charge in [-0.2, -0.15) is 0 Å². The largest absolute Gasteiger partial charge is 0.350 e. The molecule has 3 rings (SSSR count). The Kier molecular flexibility index (Phi) is 5.97. The van der Waals surface area contributed by atoms with Gasteiger partial charge in [0.15, 0.2) is 0 Å². The highest BCUT2D eigenvalue weighted by Gasteiger charge is 2.41. The maximum Gasteiger partial charge on any atom is 0.246 e. The van der Waals surface area contributed by atoms with Gasteiger partial charge < -0.3 is 10.6 Å². The molecule has 1 aromatic rings. The molecule has 2 atom stereocenters. The van der Waals surface area contributed by atoms with Gasteiger partial charge in [-0.25, -0.2) is 0 Å².